The molecule has 2 aromatic rings. The molecule has 0 aliphatic rings. The number of benzene rings is 2. The number of carbonyl (C=O) groups excluding carboxylic acids is 1. The van der Waals surface area contributed by atoms with Crippen LogP contribution >= 0.6 is 0 Å². The van der Waals surface area contributed by atoms with E-state index in [1.165, 1.54) is 0 Å². The molecule has 2 N–H and O–H groups in total. The van der Waals surface area contributed by atoms with Crippen molar-refractivity contribution in [3.05, 3.63) is 60.2 Å². The Balaban J connectivity index is 1.85. The number of amides is 1. The van der Waals surface area contributed by atoms with Gasteiger partial charge in [0.05, 0.1) is 13.5 Å². The molecular weight excluding hydrogens is 300 g/mol. The molecular formula is C20H26N2O2. The molecule has 0 bridgehead atoms. The van der Waals surface area contributed by atoms with E-state index in [1.54, 1.807) is 7.11 Å². The summed E-state index contributed by atoms with van der Waals surface area (Å²) in [5.41, 5.74) is 2.05. The Kier molecular flexibility index (Phi) is 6.67. The van der Waals surface area contributed by atoms with E-state index in [0.717, 1.165) is 17.0 Å². The smallest absolute Gasteiger partial charge is 0.224 e. The fourth-order valence-electron chi connectivity index (χ4n) is 2.42. The molecule has 128 valence electrons. The summed E-state index contributed by atoms with van der Waals surface area (Å²) in [7, 11) is 1.63. The third-order valence-electron chi connectivity index (χ3n) is 3.97. The van der Waals surface area contributed by atoms with Gasteiger partial charge in [0.15, 0.2) is 0 Å². The third-order valence-corrected chi connectivity index (χ3v) is 3.97. The molecule has 2 aromatic carbocycles. The summed E-state index contributed by atoms with van der Waals surface area (Å²) in [4.78, 5) is 12.2. The fourth-order valence-corrected chi connectivity index (χ4v) is 2.42. The molecule has 4 nitrogen and oxygen atoms in total. The van der Waals surface area contributed by atoms with E-state index in [9.17, 15) is 4.79 Å². The van der Waals surface area contributed by atoms with Crippen LogP contribution in [-0.4, -0.2) is 25.6 Å². The largest absolute Gasteiger partial charge is 0.497 e. The number of nitrogens with one attached hydrogen (secondary N) is 2. The zero-order valence-corrected chi connectivity index (χ0v) is 14.6. The van der Waals surface area contributed by atoms with Crippen LogP contribution in [-0.2, 0) is 11.2 Å². The predicted molar refractivity (Wildman–Crippen MR) is 98.4 cm³/mol. The highest BCUT2D eigenvalue weighted by Gasteiger charge is 2.14. The van der Waals surface area contributed by atoms with E-state index < -0.39 is 0 Å². The second-order valence-electron chi connectivity index (χ2n) is 6.19. The van der Waals surface area contributed by atoms with Crippen molar-refractivity contribution in [2.45, 2.75) is 26.3 Å². The first kappa shape index (κ1) is 17.9. The second kappa shape index (κ2) is 8.96. The second-order valence-corrected chi connectivity index (χ2v) is 6.19. The van der Waals surface area contributed by atoms with Gasteiger partial charge in [-0.05, 0) is 35.7 Å². The summed E-state index contributed by atoms with van der Waals surface area (Å²) in [6, 6.07) is 17.8. The van der Waals surface area contributed by atoms with E-state index in [4.69, 9.17) is 4.74 Å². The summed E-state index contributed by atoms with van der Waals surface area (Å²) in [5.74, 6) is 1.23. The zero-order valence-electron chi connectivity index (χ0n) is 14.6. The number of para-hydroxylation sites is 1. The van der Waals surface area contributed by atoms with Crippen LogP contribution in [0, 0.1) is 5.92 Å². The number of ether oxygens (including phenoxy) is 1. The van der Waals surface area contributed by atoms with Crippen molar-refractivity contribution in [1.29, 1.82) is 0 Å². The van der Waals surface area contributed by atoms with Crippen molar-refractivity contribution >= 4 is 11.6 Å². The molecule has 0 saturated heterocycles. The molecule has 0 saturated carbocycles. The van der Waals surface area contributed by atoms with Crippen molar-refractivity contribution in [1.82, 2.24) is 5.32 Å². The summed E-state index contributed by atoms with van der Waals surface area (Å²) in [5, 5.41) is 6.51. The molecule has 1 unspecified atom stereocenters. The van der Waals surface area contributed by atoms with Gasteiger partial charge >= 0.3 is 0 Å². The topological polar surface area (TPSA) is 50.4 Å². The average Bonchev–Trinajstić information content (AvgIpc) is 2.60. The lowest BCUT2D eigenvalue weighted by Crippen LogP contribution is -2.40. The molecule has 2 rings (SSSR count). The Morgan fingerprint density at radius 2 is 1.71 bits per heavy atom. The first-order chi connectivity index (χ1) is 11.6. The molecule has 0 spiro atoms. The van der Waals surface area contributed by atoms with Gasteiger partial charge in [-0.1, -0.05) is 44.2 Å². The molecule has 0 radical (unpaired) electrons. The summed E-state index contributed by atoms with van der Waals surface area (Å²) >= 11 is 0. The monoisotopic (exact) mass is 326 g/mol. The lowest BCUT2D eigenvalue weighted by atomic mass is 10.0. The van der Waals surface area contributed by atoms with E-state index in [0.29, 0.717) is 18.9 Å². The van der Waals surface area contributed by atoms with Crippen LogP contribution in [0.5, 0.6) is 5.75 Å². The van der Waals surface area contributed by atoms with Crippen molar-refractivity contribution in [3.63, 3.8) is 0 Å². The Morgan fingerprint density at radius 1 is 1.04 bits per heavy atom. The maximum absolute atomic E-state index is 12.2. The highest BCUT2D eigenvalue weighted by molar-refractivity contribution is 5.78. The van der Waals surface area contributed by atoms with Crippen LogP contribution < -0.4 is 15.4 Å². The molecule has 24 heavy (non-hydrogen) atoms. The molecule has 0 heterocycles. The van der Waals surface area contributed by atoms with Gasteiger partial charge in [0, 0.05) is 18.3 Å². The predicted octanol–water partition coefficient (Wildman–Crippen LogP) is 3.49. The SMILES string of the molecule is COc1ccc(CC(=O)NCC(Nc2ccccc2)C(C)C)cc1. The van der Waals surface area contributed by atoms with Gasteiger partial charge in [0.25, 0.3) is 0 Å². The van der Waals surface area contributed by atoms with E-state index >= 15 is 0 Å². The molecule has 4 heteroatoms. The third kappa shape index (κ3) is 5.61. The minimum Gasteiger partial charge on any atom is -0.497 e. The van der Waals surface area contributed by atoms with Gasteiger partial charge in [0.2, 0.25) is 5.91 Å². The van der Waals surface area contributed by atoms with Crippen LogP contribution in [0.2, 0.25) is 0 Å². The number of anilines is 1. The van der Waals surface area contributed by atoms with Crippen LogP contribution in [0.25, 0.3) is 0 Å². The quantitative estimate of drug-likeness (QED) is 0.781. The Morgan fingerprint density at radius 3 is 2.29 bits per heavy atom. The molecule has 0 fully saturated rings. The Bertz CT molecular complexity index is 624. The van der Waals surface area contributed by atoms with E-state index in [1.807, 2.05) is 54.6 Å². The van der Waals surface area contributed by atoms with Crippen molar-refractivity contribution in [3.8, 4) is 5.75 Å². The molecule has 1 atom stereocenters. The van der Waals surface area contributed by atoms with E-state index in [2.05, 4.69) is 24.5 Å². The van der Waals surface area contributed by atoms with Crippen LogP contribution in [0.15, 0.2) is 54.6 Å². The lowest BCUT2D eigenvalue weighted by Gasteiger charge is -2.24. The first-order valence-electron chi connectivity index (χ1n) is 8.29. The summed E-state index contributed by atoms with van der Waals surface area (Å²) < 4.78 is 5.13. The van der Waals surface area contributed by atoms with Crippen molar-refractivity contribution in [2.24, 2.45) is 5.92 Å². The molecule has 0 aliphatic heterocycles. The average molecular weight is 326 g/mol. The van der Waals surface area contributed by atoms with Crippen LogP contribution in [0.4, 0.5) is 5.69 Å². The summed E-state index contributed by atoms with van der Waals surface area (Å²) in [6.07, 6.45) is 0.375. The zero-order chi connectivity index (χ0) is 17.4. The van der Waals surface area contributed by atoms with Gasteiger partial charge in [-0.25, -0.2) is 0 Å². The molecule has 1 amide bonds. The number of rotatable bonds is 8. The fraction of sp³-hybridized carbons (Fsp3) is 0.350. The van der Waals surface area contributed by atoms with Gasteiger partial charge in [0.1, 0.15) is 5.75 Å². The minimum absolute atomic E-state index is 0.0284. The summed E-state index contributed by atoms with van der Waals surface area (Å²) in [6.45, 7) is 4.90. The standard InChI is InChI=1S/C20H26N2O2/c1-15(2)19(22-17-7-5-4-6-8-17)14-21-20(23)13-16-9-11-18(24-3)12-10-16/h4-12,15,19,22H,13-14H2,1-3H3,(H,21,23). The van der Waals surface area contributed by atoms with Gasteiger partial charge in [-0.15, -0.1) is 0 Å². The van der Waals surface area contributed by atoms with Gasteiger partial charge in [-0.2, -0.15) is 0 Å². The number of methoxy groups -OCH3 is 1. The Labute approximate surface area is 144 Å². The number of hydrogen-bond donors (Lipinski definition) is 2. The van der Waals surface area contributed by atoms with Crippen LogP contribution in [0.1, 0.15) is 19.4 Å². The normalized spacial score (nSPS) is 11.8. The maximum atomic E-state index is 12.2. The highest BCUT2D eigenvalue weighted by Crippen LogP contribution is 2.13. The first-order valence-corrected chi connectivity index (χ1v) is 8.29. The van der Waals surface area contributed by atoms with Gasteiger partial charge < -0.3 is 15.4 Å². The maximum Gasteiger partial charge on any atom is 0.224 e. The molecule has 0 aliphatic carbocycles. The Hall–Kier alpha value is -2.49. The van der Waals surface area contributed by atoms with Crippen molar-refractivity contribution in [2.75, 3.05) is 19.0 Å². The van der Waals surface area contributed by atoms with Gasteiger partial charge in [-0.3, -0.25) is 4.79 Å². The lowest BCUT2D eigenvalue weighted by molar-refractivity contribution is -0.120. The number of carbonyl (C=O) groups is 1. The van der Waals surface area contributed by atoms with Crippen molar-refractivity contribution < 1.29 is 9.53 Å². The van der Waals surface area contributed by atoms with Crippen LogP contribution in [0.3, 0.4) is 0 Å². The number of hydrogen-bond acceptors (Lipinski definition) is 3. The highest BCUT2D eigenvalue weighted by atomic mass is 16.5. The van der Waals surface area contributed by atoms with E-state index in [-0.39, 0.29) is 11.9 Å². The minimum atomic E-state index is 0.0284. The molecule has 0 aromatic heterocycles.